The smallest absolute Gasteiger partial charge is 0.274 e. The van der Waals surface area contributed by atoms with E-state index in [-0.39, 0.29) is 17.7 Å². The lowest BCUT2D eigenvalue weighted by molar-refractivity contribution is -0.124. The highest BCUT2D eigenvalue weighted by Crippen LogP contribution is 2.26. The molecule has 0 bridgehead atoms. The molecule has 110 valence electrons. The van der Waals surface area contributed by atoms with Gasteiger partial charge in [-0.15, -0.1) is 0 Å². The van der Waals surface area contributed by atoms with Crippen LogP contribution in [0.5, 0.6) is 0 Å². The Balaban J connectivity index is 1.85. The Hall–Kier alpha value is -1.95. The molecule has 2 heterocycles. The molecule has 1 N–H and O–H groups in total. The molecule has 1 aliphatic rings. The number of aryl methyl sites for hydroxylation is 1. The first-order chi connectivity index (χ1) is 10.1. The number of aromatic nitrogens is 1. The molecule has 0 saturated carbocycles. The number of hydrogen-bond acceptors (Lipinski definition) is 4. The number of carbonyl (C=O) groups excluding carboxylic acids is 2. The zero-order chi connectivity index (χ0) is 15.0. The maximum absolute atomic E-state index is 12.6. The summed E-state index contributed by atoms with van der Waals surface area (Å²) in [5, 5.41) is 3.56. The van der Waals surface area contributed by atoms with Gasteiger partial charge in [-0.1, -0.05) is 11.6 Å². The van der Waals surface area contributed by atoms with E-state index >= 15 is 0 Å². The molecular weight excluding hydrogens is 286 g/mol. The van der Waals surface area contributed by atoms with Gasteiger partial charge in [0.05, 0.1) is 10.6 Å². The molecule has 1 unspecified atom stereocenters. The summed E-state index contributed by atoms with van der Waals surface area (Å²) in [5.74, 6) is -0.173. The van der Waals surface area contributed by atoms with Gasteiger partial charge in [-0.05, 0) is 37.0 Å². The topological polar surface area (TPSA) is 62.3 Å². The zero-order valence-electron chi connectivity index (χ0n) is 12.0. The van der Waals surface area contributed by atoms with Gasteiger partial charge in [0.1, 0.15) is 5.69 Å². The normalized spacial score (nSPS) is 18.2. The maximum Gasteiger partial charge on any atom is 0.274 e. The Morgan fingerprint density at radius 1 is 1.43 bits per heavy atom. The Morgan fingerprint density at radius 2 is 2.24 bits per heavy atom. The van der Waals surface area contributed by atoms with E-state index in [0.29, 0.717) is 25.2 Å². The molecular formula is C15H17N3O2S. The number of benzene rings is 1. The van der Waals surface area contributed by atoms with E-state index in [4.69, 9.17) is 0 Å². The van der Waals surface area contributed by atoms with Gasteiger partial charge in [-0.2, -0.15) is 4.37 Å². The molecule has 0 radical (unpaired) electrons. The fourth-order valence-corrected chi connectivity index (χ4v) is 3.47. The molecule has 21 heavy (non-hydrogen) atoms. The minimum absolute atomic E-state index is 0.00396. The molecule has 0 spiro atoms. The number of hydrogen-bond donors (Lipinski definition) is 1. The number of carbonyl (C=O) groups is 2. The van der Waals surface area contributed by atoms with E-state index in [1.807, 2.05) is 25.1 Å². The lowest BCUT2D eigenvalue weighted by Crippen LogP contribution is -2.33. The minimum Gasteiger partial charge on any atom is -0.359 e. The number of nitrogens with one attached hydrogen (secondary N) is 1. The summed E-state index contributed by atoms with van der Waals surface area (Å²) in [6, 6.07) is 6.01. The van der Waals surface area contributed by atoms with Crippen LogP contribution in [0.2, 0.25) is 0 Å². The van der Waals surface area contributed by atoms with Crippen LogP contribution in [0.3, 0.4) is 0 Å². The molecule has 1 aliphatic heterocycles. The molecule has 1 fully saturated rings. The number of likely N-dealkylation sites (tertiary alicyclic amines) is 1. The number of amides is 2. The molecule has 3 rings (SSSR count). The van der Waals surface area contributed by atoms with Crippen molar-refractivity contribution in [2.75, 3.05) is 20.1 Å². The summed E-state index contributed by atoms with van der Waals surface area (Å²) in [6.45, 7) is 3.09. The van der Waals surface area contributed by atoms with Crippen LogP contribution in [-0.2, 0) is 4.79 Å². The van der Waals surface area contributed by atoms with Gasteiger partial charge in [0, 0.05) is 25.5 Å². The third-order valence-corrected chi connectivity index (χ3v) is 4.75. The summed E-state index contributed by atoms with van der Waals surface area (Å²) in [7, 11) is 1.63. The van der Waals surface area contributed by atoms with E-state index in [9.17, 15) is 9.59 Å². The second kappa shape index (κ2) is 5.44. The van der Waals surface area contributed by atoms with Crippen LogP contribution in [0.4, 0.5) is 0 Å². The van der Waals surface area contributed by atoms with E-state index in [0.717, 1.165) is 15.6 Å². The van der Waals surface area contributed by atoms with Gasteiger partial charge in [0.25, 0.3) is 5.91 Å². The lowest BCUT2D eigenvalue weighted by Gasteiger charge is -2.15. The van der Waals surface area contributed by atoms with E-state index in [1.165, 1.54) is 11.5 Å². The largest absolute Gasteiger partial charge is 0.359 e. The summed E-state index contributed by atoms with van der Waals surface area (Å²) in [6.07, 6.45) is 0.715. The van der Waals surface area contributed by atoms with Gasteiger partial charge < -0.3 is 10.2 Å². The predicted molar refractivity (Wildman–Crippen MR) is 82.4 cm³/mol. The van der Waals surface area contributed by atoms with Crippen LogP contribution in [0, 0.1) is 12.8 Å². The number of nitrogens with zero attached hydrogens (tertiary/aromatic N) is 2. The predicted octanol–water partition coefficient (Wildman–Crippen LogP) is 1.81. The van der Waals surface area contributed by atoms with Gasteiger partial charge in [0.2, 0.25) is 5.91 Å². The standard InChI is InChI=1S/C15H17N3O2S/c1-9-3-4-12-11(7-9)13(17-21-12)15(20)18-6-5-10(8-18)14(19)16-2/h3-4,7,10H,5-6,8H2,1-2H3,(H,16,19). The molecule has 1 atom stereocenters. The first-order valence-electron chi connectivity index (χ1n) is 6.97. The fraction of sp³-hybridized carbons (Fsp3) is 0.400. The van der Waals surface area contributed by atoms with Crippen molar-refractivity contribution in [1.82, 2.24) is 14.6 Å². The van der Waals surface area contributed by atoms with Crippen LogP contribution < -0.4 is 5.32 Å². The van der Waals surface area contributed by atoms with Crippen LogP contribution >= 0.6 is 11.5 Å². The van der Waals surface area contributed by atoms with Crippen molar-refractivity contribution < 1.29 is 9.59 Å². The Labute approximate surface area is 127 Å². The minimum atomic E-state index is -0.106. The van der Waals surface area contributed by atoms with Crippen LogP contribution in [0.1, 0.15) is 22.5 Å². The van der Waals surface area contributed by atoms with Crippen molar-refractivity contribution in [2.45, 2.75) is 13.3 Å². The molecule has 0 aliphatic carbocycles. The monoisotopic (exact) mass is 303 g/mol. The molecule has 1 aromatic heterocycles. The first-order valence-corrected chi connectivity index (χ1v) is 7.74. The fourth-order valence-electron chi connectivity index (χ4n) is 2.72. The summed E-state index contributed by atoms with van der Waals surface area (Å²) in [4.78, 5) is 26.0. The average molecular weight is 303 g/mol. The lowest BCUT2D eigenvalue weighted by atomic mass is 10.1. The molecule has 1 aromatic carbocycles. The number of fused-ring (bicyclic) bond motifs is 1. The van der Waals surface area contributed by atoms with Crippen molar-refractivity contribution in [1.29, 1.82) is 0 Å². The molecule has 2 aromatic rings. The van der Waals surface area contributed by atoms with Gasteiger partial charge >= 0.3 is 0 Å². The van der Waals surface area contributed by atoms with Crippen molar-refractivity contribution in [2.24, 2.45) is 5.92 Å². The molecule has 5 nitrogen and oxygen atoms in total. The summed E-state index contributed by atoms with van der Waals surface area (Å²) in [5.41, 5.74) is 1.62. The molecule has 6 heteroatoms. The second-order valence-electron chi connectivity index (χ2n) is 5.38. The Morgan fingerprint density at radius 3 is 3.00 bits per heavy atom. The number of rotatable bonds is 2. The van der Waals surface area contributed by atoms with E-state index in [1.54, 1.807) is 11.9 Å². The summed E-state index contributed by atoms with van der Waals surface area (Å²) < 4.78 is 5.34. The van der Waals surface area contributed by atoms with Crippen molar-refractivity contribution >= 4 is 33.4 Å². The second-order valence-corrected chi connectivity index (χ2v) is 6.19. The highest BCUT2D eigenvalue weighted by Gasteiger charge is 2.32. The van der Waals surface area contributed by atoms with Crippen molar-refractivity contribution in [3.8, 4) is 0 Å². The average Bonchev–Trinajstić information content (AvgIpc) is 3.12. The third kappa shape index (κ3) is 2.51. The van der Waals surface area contributed by atoms with Crippen LogP contribution in [0.25, 0.3) is 10.1 Å². The van der Waals surface area contributed by atoms with Crippen molar-refractivity contribution in [3.05, 3.63) is 29.5 Å². The summed E-state index contributed by atoms with van der Waals surface area (Å²) >= 11 is 1.34. The zero-order valence-corrected chi connectivity index (χ0v) is 12.9. The highest BCUT2D eigenvalue weighted by atomic mass is 32.1. The Kier molecular flexibility index (Phi) is 3.63. The van der Waals surface area contributed by atoms with Gasteiger partial charge in [0.15, 0.2) is 0 Å². The van der Waals surface area contributed by atoms with Crippen LogP contribution in [-0.4, -0.2) is 41.2 Å². The maximum atomic E-state index is 12.6. The molecule has 1 saturated heterocycles. The van der Waals surface area contributed by atoms with Gasteiger partial charge in [-0.25, -0.2) is 0 Å². The van der Waals surface area contributed by atoms with Crippen molar-refractivity contribution in [3.63, 3.8) is 0 Å². The van der Waals surface area contributed by atoms with E-state index in [2.05, 4.69) is 9.69 Å². The molecule has 2 amide bonds. The first kappa shape index (κ1) is 14.0. The van der Waals surface area contributed by atoms with Gasteiger partial charge in [-0.3, -0.25) is 9.59 Å². The van der Waals surface area contributed by atoms with Crippen LogP contribution in [0.15, 0.2) is 18.2 Å². The van der Waals surface area contributed by atoms with E-state index < -0.39 is 0 Å². The highest BCUT2D eigenvalue weighted by molar-refractivity contribution is 7.13. The third-order valence-electron chi connectivity index (χ3n) is 3.92. The SMILES string of the molecule is CNC(=O)C1CCN(C(=O)c2nsc3ccc(C)cc23)C1. The quantitative estimate of drug-likeness (QED) is 0.920. The Bertz CT molecular complexity index is 710.